The summed E-state index contributed by atoms with van der Waals surface area (Å²) in [5.74, 6) is 0.413. The largest absolute Gasteiger partial charge is 0.495 e. The van der Waals surface area contributed by atoms with Crippen LogP contribution in [0.25, 0.3) is 5.69 Å². The van der Waals surface area contributed by atoms with Gasteiger partial charge in [0.1, 0.15) is 5.75 Å². The number of carbonyl (C=O) groups is 1. The number of nitrogens with zero attached hydrogens (tertiary/aromatic N) is 3. The van der Waals surface area contributed by atoms with E-state index in [-0.39, 0.29) is 11.9 Å². The van der Waals surface area contributed by atoms with Crippen molar-refractivity contribution < 1.29 is 9.53 Å². The summed E-state index contributed by atoms with van der Waals surface area (Å²) in [4.78, 5) is 14.7. The Hall–Kier alpha value is -2.83. The summed E-state index contributed by atoms with van der Waals surface area (Å²) in [5, 5.41) is 7.95. The minimum atomic E-state index is -0.351. The van der Waals surface area contributed by atoms with Gasteiger partial charge < -0.3 is 10.1 Å². The van der Waals surface area contributed by atoms with Crippen molar-refractivity contribution in [3.05, 3.63) is 71.0 Å². The third kappa shape index (κ3) is 4.96. The number of hydrogen-bond acceptors (Lipinski definition) is 4. The molecule has 0 saturated carbocycles. The van der Waals surface area contributed by atoms with Gasteiger partial charge in [0.25, 0.3) is 0 Å². The van der Waals surface area contributed by atoms with Crippen LogP contribution in [0.5, 0.6) is 5.75 Å². The van der Waals surface area contributed by atoms with Crippen LogP contribution in [0.2, 0.25) is 5.02 Å². The van der Waals surface area contributed by atoms with E-state index in [1.807, 2.05) is 79.3 Å². The standard InChI is InChI=1S/C22H25ClN4O2/c1-15-10-20(21(29-4)11-19(15)23)25-22(28)16(2)26(3)13-17-12-24-27(14-17)18-8-6-5-7-9-18/h5-12,14,16H,13H2,1-4H3,(H,25,28). The van der Waals surface area contributed by atoms with Gasteiger partial charge in [0.2, 0.25) is 5.91 Å². The number of nitrogens with one attached hydrogen (secondary N) is 1. The fraction of sp³-hybridized carbons (Fsp3) is 0.273. The first-order valence-corrected chi connectivity index (χ1v) is 9.71. The molecule has 0 aliphatic heterocycles. The van der Waals surface area contributed by atoms with Crippen LogP contribution in [0, 0.1) is 6.92 Å². The van der Waals surface area contributed by atoms with E-state index in [0.29, 0.717) is 23.0 Å². The van der Waals surface area contributed by atoms with Gasteiger partial charge in [-0.05, 0) is 44.7 Å². The average molecular weight is 413 g/mol. The van der Waals surface area contributed by atoms with Crippen LogP contribution in [0.4, 0.5) is 5.69 Å². The summed E-state index contributed by atoms with van der Waals surface area (Å²) in [6, 6.07) is 13.1. The molecule has 152 valence electrons. The number of benzene rings is 2. The third-order valence-electron chi connectivity index (χ3n) is 4.87. The van der Waals surface area contributed by atoms with Crippen LogP contribution in [0.1, 0.15) is 18.1 Å². The van der Waals surface area contributed by atoms with Crippen LogP contribution in [-0.2, 0) is 11.3 Å². The smallest absolute Gasteiger partial charge is 0.241 e. The monoisotopic (exact) mass is 412 g/mol. The molecule has 1 N–H and O–H groups in total. The van der Waals surface area contributed by atoms with Gasteiger partial charge in [-0.2, -0.15) is 5.10 Å². The Bertz CT molecular complexity index is 988. The van der Waals surface area contributed by atoms with Crippen molar-refractivity contribution in [3.8, 4) is 11.4 Å². The first-order valence-electron chi connectivity index (χ1n) is 9.33. The predicted molar refractivity (Wildman–Crippen MR) is 116 cm³/mol. The molecule has 7 heteroatoms. The number of likely N-dealkylation sites (N-methyl/N-ethyl adjacent to an activating group) is 1. The molecule has 0 spiro atoms. The lowest BCUT2D eigenvalue weighted by Gasteiger charge is -2.24. The molecule has 0 saturated heterocycles. The Kier molecular flexibility index (Phi) is 6.56. The molecule has 1 aromatic heterocycles. The maximum Gasteiger partial charge on any atom is 0.241 e. The van der Waals surface area contributed by atoms with Crippen molar-refractivity contribution in [2.24, 2.45) is 0 Å². The van der Waals surface area contributed by atoms with Gasteiger partial charge in [-0.15, -0.1) is 0 Å². The van der Waals surface area contributed by atoms with Crippen molar-refractivity contribution >= 4 is 23.2 Å². The lowest BCUT2D eigenvalue weighted by Crippen LogP contribution is -2.39. The van der Waals surface area contributed by atoms with Crippen LogP contribution < -0.4 is 10.1 Å². The Morgan fingerprint density at radius 2 is 2.03 bits per heavy atom. The lowest BCUT2D eigenvalue weighted by atomic mass is 10.2. The van der Waals surface area contributed by atoms with E-state index in [9.17, 15) is 4.79 Å². The van der Waals surface area contributed by atoms with Crippen LogP contribution >= 0.6 is 11.6 Å². The molecule has 1 heterocycles. The molecular weight excluding hydrogens is 388 g/mol. The molecule has 3 rings (SSSR count). The predicted octanol–water partition coefficient (Wildman–Crippen LogP) is 4.30. The number of ether oxygens (including phenoxy) is 1. The average Bonchev–Trinajstić information content (AvgIpc) is 3.19. The molecule has 6 nitrogen and oxygen atoms in total. The van der Waals surface area contributed by atoms with Gasteiger partial charge in [0.05, 0.1) is 30.7 Å². The topological polar surface area (TPSA) is 59.4 Å². The maximum atomic E-state index is 12.8. The van der Waals surface area contributed by atoms with Crippen molar-refractivity contribution in [2.75, 3.05) is 19.5 Å². The highest BCUT2D eigenvalue weighted by Gasteiger charge is 2.20. The van der Waals surface area contributed by atoms with Crippen molar-refractivity contribution in [1.29, 1.82) is 0 Å². The Morgan fingerprint density at radius 1 is 1.31 bits per heavy atom. The highest BCUT2D eigenvalue weighted by molar-refractivity contribution is 6.31. The second-order valence-corrected chi connectivity index (χ2v) is 7.42. The lowest BCUT2D eigenvalue weighted by molar-refractivity contribution is -0.120. The molecule has 1 atom stereocenters. The zero-order valence-corrected chi connectivity index (χ0v) is 17.8. The summed E-state index contributed by atoms with van der Waals surface area (Å²) in [5.41, 5.74) is 3.50. The summed E-state index contributed by atoms with van der Waals surface area (Å²) in [6.45, 7) is 4.35. The highest BCUT2D eigenvalue weighted by Crippen LogP contribution is 2.31. The molecule has 3 aromatic rings. The van der Waals surface area contributed by atoms with Crippen molar-refractivity contribution in [2.45, 2.75) is 26.4 Å². The number of halogens is 1. The molecule has 0 aliphatic carbocycles. The van der Waals surface area contributed by atoms with Crippen LogP contribution in [0.15, 0.2) is 54.9 Å². The first kappa shape index (κ1) is 20.9. The van der Waals surface area contributed by atoms with Crippen molar-refractivity contribution in [3.63, 3.8) is 0 Å². The molecular formula is C22H25ClN4O2. The Balaban J connectivity index is 1.66. The summed E-state index contributed by atoms with van der Waals surface area (Å²) in [7, 11) is 3.46. The molecule has 0 aliphatic rings. The maximum absolute atomic E-state index is 12.8. The highest BCUT2D eigenvalue weighted by atomic mass is 35.5. The minimum absolute atomic E-state index is 0.122. The fourth-order valence-corrected chi connectivity index (χ4v) is 3.11. The van der Waals surface area contributed by atoms with Gasteiger partial charge in [-0.1, -0.05) is 29.8 Å². The SMILES string of the molecule is COc1cc(Cl)c(C)cc1NC(=O)C(C)N(C)Cc1cnn(-c2ccccc2)c1. The van der Waals surface area contributed by atoms with Gasteiger partial charge in [0.15, 0.2) is 0 Å². The number of carbonyl (C=O) groups excluding carboxylic acids is 1. The van der Waals surface area contributed by atoms with Gasteiger partial charge in [-0.25, -0.2) is 4.68 Å². The van der Waals surface area contributed by atoms with E-state index >= 15 is 0 Å². The number of rotatable bonds is 7. The zero-order valence-electron chi connectivity index (χ0n) is 17.0. The van der Waals surface area contributed by atoms with Crippen LogP contribution in [0.3, 0.4) is 0 Å². The Morgan fingerprint density at radius 3 is 2.72 bits per heavy atom. The Labute approximate surface area is 176 Å². The van der Waals surface area contributed by atoms with E-state index in [4.69, 9.17) is 16.3 Å². The zero-order chi connectivity index (χ0) is 21.0. The summed E-state index contributed by atoms with van der Waals surface area (Å²) >= 11 is 6.14. The number of para-hydroxylation sites is 1. The quantitative estimate of drug-likeness (QED) is 0.628. The number of methoxy groups -OCH3 is 1. The molecule has 2 aromatic carbocycles. The first-order chi connectivity index (χ1) is 13.9. The number of hydrogen-bond donors (Lipinski definition) is 1. The van der Waals surface area contributed by atoms with Crippen LogP contribution in [-0.4, -0.2) is 40.8 Å². The van der Waals surface area contributed by atoms with E-state index < -0.39 is 0 Å². The van der Waals surface area contributed by atoms with Gasteiger partial charge in [0, 0.05) is 29.4 Å². The molecule has 29 heavy (non-hydrogen) atoms. The second-order valence-electron chi connectivity index (χ2n) is 7.01. The van der Waals surface area contributed by atoms with E-state index in [1.165, 1.54) is 0 Å². The minimum Gasteiger partial charge on any atom is -0.495 e. The summed E-state index contributed by atoms with van der Waals surface area (Å²) in [6.07, 6.45) is 3.79. The molecule has 1 amide bonds. The van der Waals surface area contributed by atoms with E-state index in [0.717, 1.165) is 16.8 Å². The second kappa shape index (κ2) is 9.11. The van der Waals surface area contributed by atoms with Crippen molar-refractivity contribution in [1.82, 2.24) is 14.7 Å². The van der Waals surface area contributed by atoms with E-state index in [2.05, 4.69) is 10.4 Å². The molecule has 0 fully saturated rings. The number of aromatic nitrogens is 2. The fourth-order valence-electron chi connectivity index (χ4n) is 2.96. The molecule has 1 unspecified atom stereocenters. The van der Waals surface area contributed by atoms with Gasteiger partial charge in [-0.3, -0.25) is 9.69 Å². The van der Waals surface area contributed by atoms with Gasteiger partial charge >= 0.3 is 0 Å². The normalized spacial score (nSPS) is 12.1. The van der Waals surface area contributed by atoms with E-state index in [1.54, 1.807) is 13.2 Å². The molecule has 0 bridgehead atoms. The number of aryl methyl sites for hydroxylation is 1. The third-order valence-corrected chi connectivity index (χ3v) is 5.28. The number of amides is 1. The number of anilines is 1. The molecule has 0 radical (unpaired) electrons. The summed E-state index contributed by atoms with van der Waals surface area (Å²) < 4.78 is 7.17.